The third kappa shape index (κ3) is 5.90. The van der Waals surface area contributed by atoms with Crippen molar-refractivity contribution in [1.82, 2.24) is 0 Å². The molecule has 0 aliphatic rings. The maximum absolute atomic E-state index is 10.7. The highest BCUT2D eigenvalue weighted by Gasteiger charge is 2.11. The van der Waals surface area contributed by atoms with Gasteiger partial charge in [-0.3, -0.25) is 0 Å². The number of rotatable bonds is 9. The molecule has 1 aromatic carbocycles. The van der Waals surface area contributed by atoms with Crippen molar-refractivity contribution in [2.75, 3.05) is 13.2 Å². The molecule has 0 aromatic heterocycles. The molecule has 0 spiro atoms. The number of hydrogen-bond donors (Lipinski definition) is 1. The van der Waals surface area contributed by atoms with Crippen molar-refractivity contribution >= 4 is 12.0 Å². The molecule has 0 heterocycles. The number of carboxylic acids is 1. The van der Waals surface area contributed by atoms with E-state index in [0.717, 1.165) is 18.9 Å². The zero-order valence-electron chi connectivity index (χ0n) is 13.0. The zero-order valence-corrected chi connectivity index (χ0v) is 13.0. The highest BCUT2D eigenvalue weighted by molar-refractivity contribution is 5.86. The summed E-state index contributed by atoms with van der Waals surface area (Å²) < 4.78 is 11.5. The molecule has 0 saturated heterocycles. The summed E-state index contributed by atoms with van der Waals surface area (Å²) in [4.78, 5) is 10.7. The fourth-order valence-electron chi connectivity index (χ4n) is 2.05. The molecule has 0 saturated carbocycles. The van der Waals surface area contributed by atoms with Gasteiger partial charge in [0.1, 0.15) is 0 Å². The van der Waals surface area contributed by atoms with Crippen LogP contribution in [-0.2, 0) is 4.79 Å². The molecule has 0 radical (unpaired) electrons. The normalized spacial score (nSPS) is 12.3. The summed E-state index contributed by atoms with van der Waals surface area (Å²) in [6.07, 6.45) is 4.85. The Morgan fingerprint density at radius 2 is 2.10 bits per heavy atom. The Hall–Kier alpha value is -1.97. The lowest BCUT2D eigenvalue weighted by molar-refractivity contribution is -0.131. The van der Waals surface area contributed by atoms with Crippen LogP contribution in [0.5, 0.6) is 11.5 Å². The van der Waals surface area contributed by atoms with Gasteiger partial charge in [-0.25, -0.2) is 4.79 Å². The molecule has 4 heteroatoms. The smallest absolute Gasteiger partial charge is 0.328 e. The minimum Gasteiger partial charge on any atom is -0.490 e. The van der Waals surface area contributed by atoms with Crippen molar-refractivity contribution in [2.45, 2.75) is 33.6 Å². The summed E-state index contributed by atoms with van der Waals surface area (Å²) in [5, 5.41) is 8.77. The number of benzene rings is 1. The van der Waals surface area contributed by atoms with Crippen LogP contribution in [0.15, 0.2) is 24.3 Å². The van der Waals surface area contributed by atoms with Crippen molar-refractivity contribution in [1.29, 1.82) is 0 Å². The van der Waals surface area contributed by atoms with Crippen molar-refractivity contribution < 1.29 is 19.4 Å². The molecule has 1 rings (SSSR count). The first-order valence-corrected chi connectivity index (χ1v) is 7.38. The van der Waals surface area contributed by atoms with Crippen LogP contribution in [0.4, 0.5) is 0 Å². The lowest BCUT2D eigenvalue weighted by Gasteiger charge is -2.17. The summed E-state index contributed by atoms with van der Waals surface area (Å²) in [7, 11) is 0. The minimum atomic E-state index is -0.984. The van der Waals surface area contributed by atoms with Gasteiger partial charge in [-0.15, -0.1) is 0 Å². The predicted molar refractivity (Wildman–Crippen MR) is 83.8 cm³/mol. The highest BCUT2D eigenvalue weighted by Crippen LogP contribution is 2.33. The van der Waals surface area contributed by atoms with E-state index in [2.05, 4.69) is 13.8 Å². The van der Waals surface area contributed by atoms with E-state index in [1.54, 1.807) is 0 Å². The molecule has 1 atom stereocenters. The van der Waals surface area contributed by atoms with E-state index in [-0.39, 0.29) is 0 Å². The second-order valence-corrected chi connectivity index (χ2v) is 4.98. The summed E-state index contributed by atoms with van der Waals surface area (Å²) >= 11 is 0. The van der Waals surface area contributed by atoms with Crippen LogP contribution in [0.3, 0.4) is 0 Å². The molecule has 4 nitrogen and oxygen atoms in total. The van der Waals surface area contributed by atoms with Gasteiger partial charge in [-0.05, 0) is 31.4 Å². The van der Waals surface area contributed by atoms with Crippen LogP contribution in [0.2, 0.25) is 0 Å². The molecule has 1 aromatic rings. The second kappa shape index (κ2) is 9.06. The van der Waals surface area contributed by atoms with Gasteiger partial charge in [0.05, 0.1) is 13.2 Å². The van der Waals surface area contributed by atoms with Crippen molar-refractivity contribution in [2.24, 2.45) is 5.92 Å². The van der Waals surface area contributed by atoms with Gasteiger partial charge in [0.25, 0.3) is 0 Å². The molecule has 0 amide bonds. The molecule has 1 N–H and O–H groups in total. The molecule has 0 aliphatic heterocycles. The quantitative estimate of drug-likeness (QED) is 0.699. The minimum absolute atomic E-state index is 0.445. The fourth-order valence-corrected chi connectivity index (χ4v) is 2.05. The molecular weight excluding hydrogens is 268 g/mol. The van der Waals surface area contributed by atoms with Crippen LogP contribution >= 0.6 is 0 Å². The Bertz CT molecular complexity index is 480. The number of carboxylic acid groups (broad SMARTS) is 1. The number of carbonyl (C=O) groups is 1. The van der Waals surface area contributed by atoms with Gasteiger partial charge in [0.15, 0.2) is 11.5 Å². The van der Waals surface area contributed by atoms with Crippen LogP contribution < -0.4 is 9.47 Å². The largest absolute Gasteiger partial charge is 0.490 e. The first-order valence-electron chi connectivity index (χ1n) is 7.38. The molecule has 0 aliphatic carbocycles. The van der Waals surface area contributed by atoms with E-state index in [1.807, 2.05) is 25.1 Å². The number of aliphatic carboxylic acids is 1. The third-order valence-corrected chi connectivity index (χ3v) is 3.01. The van der Waals surface area contributed by atoms with Crippen molar-refractivity contribution in [3.05, 3.63) is 29.8 Å². The summed E-state index contributed by atoms with van der Waals surface area (Å²) in [6, 6.07) is 5.48. The lowest BCUT2D eigenvalue weighted by atomic mass is 10.1. The summed E-state index contributed by atoms with van der Waals surface area (Å²) in [5.41, 5.74) is 0.715. The average molecular weight is 292 g/mol. The zero-order chi connectivity index (χ0) is 15.7. The van der Waals surface area contributed by atoms with E-state index >= 15 is 0 Å². The van der Waals surface area contributed by atoms with Crippen LogP contribution in [0, 0.1) is 5.92 Å². The predicted octanol–water partition coefficient (Wildman–Crippen LogP) is 4.00. The van der Waals surface area contributed by atoms with Crippen molar-refractivity contribution in [3.63, 3.8) is 0 Å². The molecule has 0 fully saturated rings. The third-order valence-electron chi connectivity index (χ3n) is 3.01. The fraction of sp³-hybridized carbons (Fsp3) is 0.471. The van der Waals surface area contributed by atoms with Crippen molar-refractivity contribution in [3.8, 4) is 11.5 Å². The Morgan fingerprint density at radius 1 is 1.33 bits per heavy atom. The first-order chi connectivity index (χ1) is 10.1. The number of para-hydroxylation sites is 1. The van der Waals surface area contributed by atoms with E-state index < -0.39 is 5.97 Å². The highest BCUT2D eigenvalue weighted by atomic mass is 16.5. The maximum Gasteiger partial charge on any atom is 0.328 e. The van der Waals surface area contributed by atoms with E-state index in [0.29, 0.717) is 36.2 Å². The monoisotopic (exact) mass is 292 g/mol. The Labute approximate surface area is 126 Å². The standard InChI is InChI=1S/C17H24O4/c1-4-7-13(3)12-21-17-14(10-11-16(18)19)8-6-9-15(17)20-5-2/h6,8-11,13H,4-5,7,12H2,1-3H3,(H,18,19). The molecule has 21 heavy (non-hydrogen) atoms. The molecular formula is C17H24O4. The topological polar surface area (TPSA) is 55.8 Å². The molecule has 1 unspecified atom stereocenters. The lowest BCUT2D eigenvalue weighted by Crippen LogP contribution is -2.10. The van der Waals surface area contributed by atoms with E-state index in [4.69, 9.17) is 14.6 Å². The first kappa shape index (κ1) is 17.1. The Balaban J connectivity index is 2.96. The van der Waals surface area contributed by atoms with Gasteiger partial charge in [-0.2, -0.15) is 0 Å². The van der Waals surface area contributed by atoms with E-state index in [9.17, 15) is 4.79 Å². The van der Waals surface area contributed by atoms with Crippen LogP contribution in [0.1, 0.15) is 39.2 Å². The molecule has 116 valence electrons. The van der Waals surface area contributed by atoms with E-state index in [1.165, 1.54) is 6.08 Å². The number of hydrogen-bond acceptors (Lipinski definition) is 3. The van der Waals surface area contributed by atoms with Crippen LogP contribution in [-0.4, -0.2) is 24.3 Å². The second-order valence-electron chi connectivity index (χ2n) is 4.98. The van der Waals surface area contributed by atoms with Gasteiger partial charge in [0.2, 0.25) is 0 Å². The van der Waals surface area contributed by atoms with Gasteiger partial charge in [0, 0.05) is 11.6 Å². The Morgan fingerprint density at radius 3 is 2.71 bits per heavy atom. The maximum atomic E-state index is 10.7. The average Bonchev–Trinajstić information content (AvgIpc) is 2.44. The van der Waals surface area contributed by atoms with Gasteiger partial charge >= 0.3 is 5.97 Å². The number of ether oxygens (including phenoxy) is 2. The van der Waals surface area contributed by atoms with Gasteiger partial charge < -0.3 is 14.6 Å². The van der Waals surface area contributed by atoms with Crippen LogP contribution in [0.25, 0.3) is 6.08 Å². The Kier molecular flexibility index (Phi) is 7.37. The summed E-state index contributed by atoms with van der Waals surface area (Å²) in [6.45, 7) is 7.31. The SMILES string of the molecule is CCCC(C)COc1c(C=CC(=O)O)cccc1OCC. The summed E-state index contributed by atoms with van der Waals surface area (Å²) in [5.74, 6) is 0.719. The van der Waals surface area contributed by atoms with Gasteiger partial charge in [-0.1, -0.05) is 32.4 Å². The molecule has 0 bridgehead atoms.